The Balaban J connectivity index is 1.29. The van der Waals surface area contributed by atoms with E-state index in [1.807, 2.05) is 17.2 Å². The molecular formula is C35H48N4O5. The van der Waals surface area contributed by atoms with Crippen molar-refractivity contribution in [1.29, 1.82) is 0 Å². The third-order valence-corrected chi connectivity index (χ3v) is 8.93. The predicted octanol–water partition coefficient (Wildman–Crippen LogP) is 4.95. The van der Waals surface area contributed by atoms with Crippen molar-refractivity contribution in [2.45, 2.75) is 58.0 Å². The average Bonchev–Trinajstić information content (AvgIpc) is 3.64. The summed E-state index contributed by atoms with van der Waals surface area (Å²) in [5, 5.41) is 3.56. The minimum Gasteiger partial charge on any atom is -0.493 e. The first-order chi connectivity index (χ1) is 21.4. The van der Waals surface area contributed by atoms with Crippen molar-refractivity contribution in [3.63, 3.8) is 0 Å². The number of rotatable bonds is 14. The van der Waals surface area contributed by atoms with Gasteiger partial charge in [0.05, 0.1) is 19.3 Å². The Morgan fingerprint density at radius 2 is 1.77 bits per heavy atom. The van der Waals surface area contributed by atoms with E-state index in [1.165, 1.54) is 0 Å². The summed E-state index contributed by atoms with van der Waals surface area (Å²) in [5.74, 6) is 1.73. The first-order valence-corrected chi connectivity index (χ1v) is 16.1. The number of nitrogens with zero attached hydrogens (tertiary/aromatic N) is 2. The van der Waals surface area contributed by atoms with Crippen molar-refractivity contribution in [3.05, 3.63) is 65.0 Å². The van der Waals surface area contributed by atoms with Gasteiger partial charge in [-0.3, -0.25) is 9.59 Å². The molecule has 2 atom stereocenters. The van der Waals surface area contributed by atoms with Crippen molar-refractivity contribution in [2.75, 3.05) is 53.6 Å². The van der Waals surface area contributed by atoms with Gasteiger partial charge in [-0.25, -0.2) is 0 Å². The summed E-state index contributed by atoms with van der Waals surface area (Å²) < 4.78 is 16.6. The number of hydrogen-bond donors (Lipinski definition) is 2. The van der Waals surface area contributed by atoms with Crippen LogP contribution in [0.25, 0.3) is 6.08 Å². The molecule has 2 heterocycles. The predicted molar refractivity (Wildman–Crippen MR) is 172 cm³/mol. The third kappa shape index (κ3) is 7.56. The van der Waals surface area contributed by atoms with E-state index in [0.29, 0.717) is 49.4 Å². The highest BCUT2D eigenvalue weighted by atomic mass is 16.5. The maximum atomic E-state index is 14.0. The van der Waals surface area contributed by atoms with E-state index in [9.17, 15) is 9.59 Å². The number of benzene rings is 1. The van der Waals surface area contributed by atoms with Gasteiger partial charge >= 0.3 is 0 Å². The Labute approximate surface area is 261 Å². The first kappa shape index (κ1) is 31.9. The second-order valence-corrected chi connectivity index (χ2v) is 12.4. The van der Waals surface area contributed by atoms with E-state index < -0.39 is 0 Å². The van der Waals surface area contributed by atoms with Gasteiger partial charge in [-0.15, -0.1) is 0 Å². The van der Waals surface area contributed by atoms with Crippen molar-refractivity contribution in [1.82, 2.24) is 20.1 Å². The maximum Gasteiger partial charge on any atom is 0.255 e. The summed E-state index contributed by atoms with van der Waals surface area (Å²) in [4.78, 5) is 35.3. The topological polar surface area (TPSA) is 96.1 Å². The van der Waals surface area contributed by atoms with Crippen LogP contribution in [-0.2, 0) is 11.2 Å². The molecular weight excluding hydrogens is 556 g/mol. The molecule has 0 bridgehead atoms. The summed E-state index contributed by atoms with van der Waals surface area (Å²) in [6, 6.07) is 5.69. The number of hydrogen-bond acceptors (Lipinski definition) is 6. The zero-order valence-corrected chi connectivity index (χ0v) is 26.6. The number of amides is 2. The highest BCUT2D eigenvalue weighted by Gasteiger charge is 2.39. The van der Waals surface area contributed by atoms with Crippen LogP contribution in [0.4, 0.5) is 0 Å². The first-order valence-electron chi connectivity index (χ1n) is 16.1. The van der Waals surface area contributed by atoms with Gasteiger partial charge in [0.2, 0.25) is 0 Å². The molecule has 1 saturated heterocycles. The molecule has 2 aromatic rings. The molecule has 2 amide bonds. The van der Waals surface area contributed by atoms with Gasteiger partial charge in [0, 0.05) is 75.9 Å². The van der Waals surface area contributed by atoms with Gasteiger partial charge in [-0.1, -0.05) is 18.2 Å². The lowest BCUT2D eigenvalue weighted by Crippen LogP contribution is -2.45. The number of aromatic amines is 1. The highest BCUT2D eigenvalue weighted by Crippen LogP contribution is 2.34. The number of carbonyl (C=O) groups is 2. The fourth-order valence-electron chi connectivity index (χ4n) is 6.25. The molecule has 2 aliphatic carbocycles. The molecule has 5 rings (SSSR count). The number of aromatic nitrogens is 1. The average molecular weight is 605 g/mol. The van der Waals surface area contributed by atoms with E-state index >= 15 is 0 Å². The number of H-pyrrole nitrogens is 1. The molecule has 0 radical (unpaired) electrons. The zero-order valence-electron chi connectivity index (χ0n) is 26.6. The standard InChI is InChI=1S/C35H48N4O5/c1-24(2)38(34(40)25-12-15-32(43-4)33(18-25)44-17-9-16-42-3)22-26-19-36-20-27(26)23-39(28-13-14-28)35(41)30-21-37-31-11-8-6-5-7-10-29(30)31/h5,7-8,11-12,15,18,21,24,26-28,36-37H,6,9-10,13-14,16-17,19-20,22-23H2,1-4H3/b7-5?,11-8-/t26-,27?/m0/s1. The molecule has 1 unspecified atom stereocenters. The molecule has 0 spiro atoms. The summed E-state index contributed by atoms with van der Waals surface area (Å²) in [7, 11) is 3.27. The van der Waals surface area contributed by atoms with Crippen LogP contribution >= 0.6 is 0 Å². The van der Waals surface area contributed by atoms with E-state index in [-0.39, 0.29) is 29.7 Å². The minimum absolute atomic E-state index is 0.0126. The van der Waals surface area contributed by atoms with Gasteiger partial charge in [0.1, 0.15) is 0 Å². The van der Waals surface area contributed by atoms with Gasteiger partial charge in [0.15, 0.2) is 11.5 Å². The lowest BCUT2D eigenvalue weighted by atomic mass is 9.93. The molecule has 1 aromatic heterocycles. The van der Waals surface area contributed by atoms with Crippen LogP contribution in [0.2, 0.25) is 0 Å². The Morgan fingerprint density at radius 3 is 2.50 bits per heavy atom. The monoisotopic (exact) mass is 604 g/mol. The van der Waals surface area contributed by atoms with Gasteiger partial charge < -0.3 is 34.3 Å². The minimum atomic E-state index is -0.0304. The van der Waals surface area contributed by atoms with Crippen LogP contribution in [0.1, 0.15) is 71.5 Å². The summed E-state index contributed by atoms with van der Waals surface area (Å²) in [6.07, 6.45) is 14.9. The number of ether oxygens (including phenoxy) is 3. The van der Waals surface area contributed by atoms with E-state index in [0.717, 1.165) is 62.0 Å². The van der Waals surface area contributed by atoms with Gasteiger partial charge in [-0.2, -0.15) is 0 Å². The lowest BCUT2D eigenvalue weighted by molar-refractivity contribution is 0.0612. The van der Waals surface area contributed by atoms with Gasteiger partial charge in [-0.05, 0) is 81.2 Å². The molecule has 44 heavy (non-hydrogen) atoms. The van der Waals surface area contributed by atoms with E-state index in [1.54, 1.807) is 26.4 Å². The Kier molecular flexibility index (Phi) is 10.8. The van der Waals surface area contributed by atoms with Crippen LogP contribution in [0.15, 0.2) is 42.6 Å². The Bertz CT molecular complexity index is 1340. The molecule has 2 fully saturated rings. The van der Waals surface area contributed by atoms with Crippen LogP contribution in [-0.4, -0.2) is 92.3 Å². The van der Waals surface area contributed by atoms with Crippen LogP contribution < -0.4 is 14.8 Å². The Morgan fingerprint density at radius 1 is 0.977 bits per heavy atom. The zero-order chi connectivity index (χ0) is 31.1. The normalized spacial score (nSPS) is 20.1. The molecule has 238 valence electrons. The van der Waals surface area contributed by atoms with Crippen molar-refractivity contribution in [3.8, 4) is 11.5 Å². The Hall–Kier alpha value is -3.56. The molecule has 9 heteroatoms. The smallest absolute Gasteiger partial charge is 0.255 e. The molecule has 2 N–H and O–H groups in total. The second kappa shape index (κ2) is 14.9. The van der Waals surface area contributed by atoms with Crippen LogP contribution in [0.5, 0.6) is 11.5 Å². The number of allylic oxidation sites excluding steroid dienone is 3. The molecule has 1 aromatic carbocycles. The fraction of sp³-hybridized carbons (Fsp3) is 0.543. The summed E-state index contributed by atoms with van der Waals surface area (Å²) in [6.45, 7) is 8.15. The maximum absolute atomic E-state index is 14.0. The number of nitrogens with one attached hydrogen (secondary N) is 2. The van der Waals surface area contributed by atoms with Crippen LogP contribution in [0.3, 0.4) is 0 Å². The van der Waals surface area contributed by atoms with E-state index in [4.69, 9.17) is 14.2 Å². The highest BCUT2D eigenvalue weighted by molar-refractivity contribution is 5.97. The van der Waals surface area contributed by atoms with Crippen LogP contribution in [0, 0.1) is 11.8 Å². The van der Waals surface area contributed by atoms with Gasteiger partial charge in [0.25, 0.3) is 11.8 Å². The molecule has 3 aliphatic rings. The van der Waals surface area contributed by atoms with Crippen molar-refractivity contribution < 1.29 is 23.8 Å². The quantitative estimate of drug-likeness (QED) is 0.234. The molecule has 1 saturated carbocycles. The second-order valence-electron chi connectivity index (χ2n) is 12.4. The molecule has 1 aliphatic heterocycles. The SMILES string of the molecule is COCCCOc1cc(C(=O)N(C[C@@H]2CNCC2CN(C(=O)c2c[nH]c3c2CC=CC/C=C\3)C2CC2)C(C)C)ccc1OC. The summed E-state index contributed by atoms with van der Waals surface area (Å²) >= 11 is 0. The lowest BCUT2D eigenvalue weighted by Gasteiger charge is -2.34. The largest absolute Gasteiger partial charge is 0.493 e. The number of fused-ring (bicyclic) bond motifs is 1. The fourth-order valence-corrected chi connectivity index (χ4v) is 6.25. The van der Waals surface area contributed by atoms with Crippen molar-refractivity contribution >= 4 is 17.9 Å². The summed E-state index contributed by atoms with van der Waals surface area (Å²) in [5.41, 5.74) is 3.46. The molecule has 9 nitrogen and oxygen atoms in total. The third-order valence-electron chi connectivity index (χ3n) is 8.93. The number of methoxy groups -OCH3 is 2. The van der Waals surface area contributed by atoms with E-state index in [2.05, 4.69) is 53.4 Å². The number of carbonyl (C=O) groups excluding carboxylic acids is 2. The van der Waals surface area contributed by atoms with Crippen molar-refractivity contribution in [2.24, 2.45) is 11.8 Å².